The number of ether oxygens (including phenoxy) is 3. The fourth-order valence-electron chi connectivity index (χ4n) is 5.28. The van der Waals surface area contributed by atoms with E-state index in [9.17, 15) is 14.0 Å². The molecule has 1 aliphatic rings. The van der Waals surface area contributed by atoms with Gasteiger partial charge in [0, 0.05) is 19.3 Å². The third-order valence-electron chi connectivity index (χ3n) is 7.49. The number of rotatable bonds is 16. The number of esters is 2. The Labute approximate surface area is 248 Å². The van der Waals surface area contributed by atoms with Crippen molar-refractivity contribution < 1.29 is 28.2 Å². The third kappa shape index (κ3) is 9.38. The van der Waals surface area contributed by atoms with Crippen molar-refractivity contribution in [3.8, 4) is 12.3 Å². The van der Waals surface area contributed by atoms with Crippen molar-refractivity contribution in [3.05, 3.63) is 12.4 Å². The van der Waals surface area contributed by atoms with E-state index in [1.165, 1.54) is 25.6 Å². The zero-order valence-electron chi connectivity index (χ0n) is 25.5. The average Bonchev–Trinajstić information content (AvgIpc) is 3.50. The van der Waals surface area contributed by atoms with Gasteiger partial charge in [-0.15, -0.1) is 6.42 Å². The van der Waals surface area contributed by atoms with Crippen LogP contribution in [0.3, 0.4) is 0 Å². The van der Waals surface area contributed by atoms with Crippen LogP contribution in [0.15, 0.2) is 6.33 Å². The molecule has 10 nitrogen and oxygen atoms in total. The highest BCUT2D eigenvalue weighted by atomic mass is 19.1. The summed E-state index contributed by atoms with van der Waals surface area (Å²) >= 11 is 0. The van der Waals surface area contributed by atoms with Crippen LogP contribution < -0.4 is 5.73 Å². The second-order valence-electron chi connectivity index (χ2n) is 12.0. The molecule has 2 aromatic rings. The maximum absolute atomic E-state index is 13.8. The molecule has 3 rings (SSSR count). The van der Waals surface area contributed by atoms with Gasteiger partial charge in [-0.2, -0.15) is 14.4 Å². The summed E-state index contributed by atoms with van der Waals surface area (Å²) in [6, 6.07) is 0. The van der Waals surface area contributed by atoms with Crippen LogP contribution in [0, 0.1) is 18.4 Å². The third-order valence-corrected chi connectivity index (χ3v) is 7.49. The van der Waals surface area contributed by atoms with E-state index < -0.39 is 29.6 Å². The number of halogens is 1. The van der Waals surface area contributed by atoms with Gasteiger partial charge in [0.1, 0.15) is 17.9 Å². The summed E-state index contributed by atoms with van der Waals surface area (Å²) in [5, 5.41) is 0. The van der Waals surface area contributed by atoms with E-state index in [0.717, 1.165) is 44.9 Å². The van der Waals surface area contributed by atoms with Gasteiger partial charge < -0.3 is 19.9 Å². The molecule has 42 heavy (non-hydrogen) atoms. The summed E-state index contributed by atoms with van der Waals surface area (Å²) in [7, 11) is 0. The van der Waals surface area contributed by atoms with Crippen molar-refractivity contribution in [1.82, 2.24) is 19.5 Å². The van der Waals surface area contributed by atoms with Crippen LogP contribution in [0.2, 0.25) is 0 Å². The zero-order valence-corrected chi connectivity index (χ0v) is 25.5. The van der Waals surface area contributed by atoms with Crippen LogP contribution in [-0.4, -0.2) is 48.8 Å². The van der Waals surface area contributed by atoms with Crippen LogP contribution in [0.5, 0.6) is 0 Å². The Morgan fingerprint density at radius 1 is 1.07 bits per heavy atom. The molecule has 0 saturated carbocycles. The van der Waals surface area contributed by atoms with Gasteiger partial charge in [-0.25, -0.2) is 4.98 Å². The molecule has 3 heterocycles. The number of terminal acetylenes is 1. The fourth-order valence-corrected chi connectivity index (χ4v) is 5.28. The second kappa shape index (κ2) is 15.3. The van der Waals surface area contributed by atoms with Crippen LogP contribution >= 0.6 is 0 Å². The lowest BCUT2D eigenvalue weighted by molar-refractivity contribution is -0.156. The van der Waals surface area contributed by atoms with E-state index in [-0.39, 0.29) is 35.3 Å². The highest BCUT2D eigenvalue weighted by molar-refractivity contribution is 5.81. The normalized spacial score (nSPS) is 20.5. The molecule has 1 aliphatic heterocycles. The van der Waals surface area contributed by atoms with Crippen LogP contribution in [0.4, 0.5) is 10.2 Å². The Morgan fingerprint density at radius 2 is 1.64 bits per heavy atom. The minimum Gasteiger partial charge on any atom is -0.460 e. The number of aromatic nitrogens is 4. The van der Waals surface area contributed by atoms with E-state index >= 15 is 0 Å². The minimum atomic E-state index is -1.11. The molecule has 2 N–H and O–H groups in total. The quantitative estimate of drug-likeness (QED) is 0.106. The number of unbranched alkanes of at least 4 members (excludes halogenated alkanes) is 9. The Kier molecular flexibility index (Phi) is 12.1. The largest absolute Gasteiger partial charge is 0.460 e. The first-order valence-electron chi connectivity index (χ1n) is 15.2. The van der Waals surface area contributed by atoms with Gasteiger partial charge in [0.25, 0.3) is 0 Å². The van der Waals surface area contributed by atoms with Gasteiger partial charge in [-0.1, -0.05) is 64.2 Å². The van der Waals surface area contributed by atoms with Gasteiger partial charge in [-0.05, 0) is 40.0 Å². The van der Waals surface area contributed by atoms with Gasteiger partial charge in [0.15, 0.2) is 22.6 Å². The molecule has 0 spiro atoms. The molecule has 11 heteroatoms. The maximum Gasteiger partial charge on any atom is 0.312 e. The average molecular weight is 588 g/mol. The topological polar surface area (TPSA) is 131 Å². The summed E-state index contributed by atoms with van der Waals surface area (Å²) in [6.07, 6.45) is 17.0. The number of hydrogen-bond acceptors (Lipinski definition) is 9. The van der Waals surface area contributed by atoms with E-state index in [2.05, 4.69) is 20.9 Å². The Hall–Kier alpha value is -3.26. The highest BCUT2D eigenvalue weighted by Gasteiger charge is 2.50. The predicted octanol–water partition coefficient (Wildman–Crippen LogP) is 6.18. The lowest BCUT2D eigenvalue weighted by Gasteiger charge is -2.27. The molecular formula is C31H46FN5O5. The first-order valence-corrected chi connectivity index (χ1v) is 15.2. The summed E-state index contributed by atoms with van der Waals surface area (Å²) in [5.74, 6) is 2.19. The minimum absolute atomic E-state index is 0.0666. The van der Waals surface area contributed by atoms with Crippen molar-refractivity contribution in [3.63, 3.8) is 0 Å². The van der Waals surface area contributed by atoms with E-state index in [0.29, 0.717) is 19.3 Å². The molecule has 0 radical (unpaired) electrons. The zero-order chi connectivity index (χ0) is 30.8. The number of nitrogens with zero attached hydrogens (tertiary/aromatic N) is 4. The molecule has 232 valence electrons. The lowest BCUT2D eigenvalue weighted by Crippen LogP contribution is -2.40. The Balaban J connectivity index is 1.32. The number of nitrogens with two attached hydrogens (primary N) is 1. The molecule has 0 amide bonds. The standard InChI is InChI=1S/C31H46FN5O5/c1-6-31(7-2)22(20-23(41-31)37-21-34-26-27(33)35-29(32)36-28(26)37)40-24(38)18-16-14-12-10-8-9-11-13-15-17-19-25(39)42-30(3,4)5/h1,21-23H,7-20H2,2-5H3,(H2,33,35,36)/t22-,23+,31+/m0/s1. The molecule has 3 atom stereocenters. The highest BCUT2D eigenvalue weighted by Crippen LogP contribution is 2.41. The fraction of sp³-hybridized carbons (Fsp3) is 0.710. The molecule has 1 saturated heterocycles. The number of fused-ring (bicyclic) bond motifs is 1. The van der Waals surface area contributed by atoms with Crippen molar-refractivity contribution in [2.75, 3.05) is 5.73 Å². The summed E-state index contributed by atoms with van der Waals surface area (Å²) in [6.45, 7) is 7.54. The molecule has 0 bridgehead atoms. The number of hydrogen-bond donors (Lipinski definition) is 1. The van der Waals surface area contributed by atoms with Crippen LogP contribution in [0.1, 0.15) is 124 Å². The summed E-state index contributed by atoms with van der Waals surface area (Å²) in [5.41, 5.74) is 4.71. The number of anilines is 1. The maximum atomic E-state index is 13.8. The molecule has 2 aromatic heterocycles. The lowest BCUT2D eigenvalue weighted by atomic mass is 9.94. The van der Waals surface area contributed by atoms with Gasteiger partial charge >= 0.3 is 18.0 Å². The van der Waals surface area contributed by atoms with Crippen molar-refractivity contribution in [1.29, 1.82) is 0 Å². The SMILES string of the molecule is C#C[C@]1(CC)O[C@@H](n2cnc3c(N)nc(F)nc32)C[C@@H]1OC(=O)CCCCCCCCCCCCC(=O)OC(C)(C)C. The van der Waals surface area contributed by atoms with E-state index in [1.54, 1.807) is 4.57 Å². The monoisotopic (exact) mass is 587 g/mol. The van der Waals surface area contributed by atoms with Crippen molar-refractivity contribution in [2.24, 2.45) is 0 Å². The molecular weight excluding hydrogens is 541 g/mol. The molecule has 0 aromatic carbocycles. The molecule has 0 aliphatic carbocycles. The van der Waals surface area contributed by atoms with Gasteiger partial charge in [-0.3, -0.25) is 14.2 Å². The first kappa shape index (κ1) is 33.2. The van der Waals surface area contributed by atoms with E-state index in [1.807, 2.05) is 27.7 Å². The van der Waals surface area contributed by atoms with Crippen LogP contribution in [-0.2, 0) is 23.8 Å². The van der Waals surface area contributed by atoms with Crippen molar-refractivity contribution in [2.45, 2.75) is 141 Å². The van der Waals surface area contributed by atoms with E-state index in [4.69, 9.17) is 26.4 Å². The molecule has 1 fully saturated rings. The smallest absolute Gasteiger partial charge is 0.312 e. The molecule has 0 unspecified atom stereocenters. The number of imidazole rings is 1. The number of nitrogen functional groups attached to an aromatic ring is 1. The summed E-state index contributed by atoms with van der Waals surface area (Å²) < 4.78 is 32.7. The second-order valence-corrected chi connectivity index (χ2v) is 12.0. The Morgan fingerprint density at radius 3 is 2.19 bits per heavy atom. The van der Waals surface area contributed by atoms with Crippen LogP contribution in [0.25, 0.3) is 11.2 Å². The number of carbonyl (C=O) groups excluding carboxylic acids is 2. The van der Waals surface area contributed by atoms with Gasteiger partial charge in [0.05, 0.1) is 6.33 Å². The first-order chi connectivity index (χ1) is 20.0. The Bertz CT molecular complexity index is 1240. The van der Waals surface area contributed by atoms with Crippen molar-refractivity contribution >= 4 is 28.9 Å². The van der Waals surface area contributed by atoms with Gasteiger partial charge in [0.2, 0.25) is 0 Å². The number of carbonyl (C=O) groups is 2. The predicted molar refractivity (Wildman–Crippen MR) is 157 cm³/mol. The summed E-state index contributed by atoms with van der Waals surface area (Å²) in [4.78, 5) is 36.0.